The standard InChI is InChI=1S/C33H31FN6O3/c1-4-43-33(42)25-16-24(25)21-9-10-23(26(34)15-21)27-18-30-36-28(17-29(40(30)37-27)31-35-12-14-38(31)3)32(41)39-13-11-20-7-5-6-8-22(20)19(39)2/h5-10,12,14-15,17-19,24-25H,4,11,13,16H2,1-3H3/t19-,24-,25+/m1/s1. The normalized spacial score (nSPS) is 19.3. The number of halogens is 1. The number of ether oxygens (including phenoxy) is 1. The van der Waals surface area contributed by atoms with Crippen LogP contribution in [-0.2, 0) is 23.0 Å². The fourth-order valence-corrected chi connectivity index (χ4v) is 6.23. The van der Waals surface area contributed by atoms with Crippen LogP contribution in [-0.4, -0.2) is 54.1 Å². The highest BCUT2D eigenvalue weighted by Crippen LogP contribution is 2.48. The summed E-state index contributed by atoms with van der Waals surface area (Å²) in [7, 11) is 1.87. The van der Waals surface area contributed by atoms with E-state index in [0.29, 0.717) is 48.0 Å². The first-order chi connectivity index (χ1) is 20.8. The highest BCUT2D eigenvalue weighted by molar-refractivity contribution is 5.94. The average molecular weight is 579 g/mol. The van der Waals surface area contributed by atoms with E-state index in [1.807, 2.05) is 47.8 Å². The maximum absolute atomic E-state index is 15.5. The molecule has 10 heteroatoms. The number of aryl methyl sites for hydroxylation is 1. The molecule has 1 fully saturated rings. The number of hydrogen-bond acceptors (Lipinski definition) is 6. The molecular formula is C33H31FN6O3. The van der Waals surface area contributed by atoms with Crippen LogP contribution in [0.4, 0.5) is 4.39 Å². The summed E-state index contributed by atoms with van der Waals surface area (Å²) in [4.78, 5) is 37.1. The number of hydrogen-bond donors (Lipinski definition) is 0. The van der Waals surface area contributed by atoms with Crippen molar-refractivity contribution in [1.82, 2.24) is 29.0 Å². The van der Waals surface area contributed by atoms with E-state index in [4.69, 9.17) is 14.8 Å². The minimum atomic E-state index is -0.439. The molecule has 0 spiro atoms. The van der Waals surface area contributed by atoms with E-state index in [-0.39, 0.29) is 35.4 Å². The molecule has 0 unspecified atom stereocenters. The highest BCUT2D eigenvalue weighted by Gasteiger charge is 2.45. The Morgan fingerprint density at radius 1 is 1.12 bits per heavy atom. The molecule has 4 heterocycles. The van der Waals surface area contributed by atoms with Gasteiger partial charge in [-0.3, -0.25) is 9.59 Å². The van der Waals surface area contributed by atoms with Crippen LogP contribution in [0, 0.1) is 11.7 Å². The summed E-state index contributed by atoms with van der Waals surface area (Å²) in [6, 6.07) is 16.5. The lowest BCUT2D eigenvalue weighted by atomic mass is 9.93. The number of benzene rings is 2. The van der Waals surface area contributed by atoms with Crippen LogP contribution in [0.2, 0.25) is 0 Å². The summed E-state index contributed by atoms with van der Waals surface area (Å²) >= 11 is 0. The first-order valence-corrected chi connectivity index (χ1v) is 14.6. The van der Waals surface area contributed by atoms with Crippen LogP contribution < -0.4 is 0 Å². The SMILES string of the molecule is CCOC(=O)[C@H]1C[C@@H]1c1ccc(-c2cc3nc(C(=O)N4CCc5ccccc5[C@H]4C)cc(-c4nccn4C)n3n2)c(F)c1. The lowest BCUT2D eigenvalue weighted by molar-refractivity contribution is -0.144. The van der Waals surface area contributed by atoms with E-state index < -0.39 is 5.82 Å². The summed E-state index contributed by atoms with van der Waals surface area (Å²) in [5.41, 5.74) is 5.11. The fraction of sp³-hybridized carbons (Fsp3) is 0.303. The number of carbonyl (C=O) groups excluding carboxylic acids is 2. The largest absolute Gasteiger partial charge is 0.466 e. The van der Waals surface area contributed by atoms with Crippen molar-refractivity contribution in [3.8, 4) is 22.8 Å². The first-order valence-electron chi connectivity index (χ1n) is 14.6. The molecule has 1 amide bonds. The number of fused-ring (bicyclic) bond motifs is 2. The highest BCUT2D eigenvalue weighted by atomic mass is 19.1. The summed E-state index contributed by atoms with van der Waals surface area (Å²) in [6.45, 7) is 4.73. The van der Waals surface area contributed by atoms with Crippen LogP contribution in [0.15, 0.2) is 67.0 Å². The minimum Gasteiger partial charge on any atom is -0.466 e. The van der Waals surface area contributed by atoms with E-state index >= 15 is 4.39 Å². The molecule has 5 aromatic rings. The topological polar surface area (TPSA) is 94.6 Å². The predicted octanol–water partition coefficient (Wildman–Crippen LogP) is 5.36. The third kappa shape index (κ3) is 4.67. The Morgan fingerprint density at radius 2 is 1.95 bits per heavy atom. The second-order valence-electron chi connectivity index (χ2n) is 11.3. The molecule has 0 radical (unpaired) electrons. The van der Waals surface area contributed by atoms with Gasteiger partial charge in [-0.15, -0.1) is 0 Å². The summed E-state index contributed by atoms with van der Waals surface area (Å²) < 4.78 is 24.1. The van der Waals surface area contributed by atoms with Gasteiger partial charge in [0.25, 0.3) is 5.91 Å². The maximum atomic E-state index is 15.5. The molecule has 1 saturated carbocycles. The molecule has 43 heavy (non-hydrogen) atoms. The molecule has 3 atom stereocenters. The number of amides is 1. The molecule has 2 aliphatic rings. The van der Waals surface area contributed by atoms with Gasteiger partial charge in [0.1, 0.15) is 17.2 Å². The molecule has 1 aliphatic carbocycles. The van der Waals surface area contributed by atoms with Gasteiger partial charge in [-0.25, -0.2) is 18.9 Å². The van der Waals surface area contributed by atoms with Gasteiger partial charge in [0.05, 0.1) is 24.3 Å². The fourth-order valence-electron chi connectivity index (χ4n) is 6.23. The van der Waals surface area contributed by atoms with Gasteiger partial charge >= 0.3 is 5.97 Å². The Balaban J connectivity index is 1.26. The maximum Gasteiger partial charge on any atom is 0.309 e. The third-order valence-corrected chi connectivity index (χ3v) is 8.63. The van der Waals surface area contributed by atoms with Crippen LogP contribution in [0.1, 0.15) is 59.4 Å². The Labute approximate surface area is 247 Å². The number of nitrogens with zero attached hydrogens (tertiary/aromatic N) is 6. The van der Waals surface area contributed by atoms with Gasteiger partial charge in [-0.2, -0.15) is 5.10 Å². The van der Waals surface area contributed by atoms with Crippen LogP contribution in [0.3, 0.4) is 0 Å². The van der Waals surface area contributed by atoms with Crippen LogP contribution >= 0.6 is 0 Å². The molecule has 2 aromatic carbocycles. The molecule has 0 N–H and O–H groups in total. The van der Waals surface area contributed by atoms with E-state index in [1.54, 1.807) is 35.8 Å². The van der Waals surface area contributed by atoms with Gasteiger partial charge in [0.2, 0.25) is 0 Å². The molecule has 0 bridgehead atoms. The van der Waals surface area contributed by atoms with Crippen molar-refractivity contribution in [2.24, 2.45) is 13.0 Å². The molecule has 3 aromatic heterocycles. The Bertz CT molecular complexity index is 1890. The Morgan fingerprint density at radius 3 is 2.72 bits per heavy atom. The zero-order valence-electron chi connectivity index (χ0n) is 24.2. The zero-order chi connectivity index (χ0) is 29.8. The number of aromatic nitrogens is 5. The monoisotopic (exact) mass is 578 g/mol. The van der Waals surface area contributed by atoms with Crippen LogP contribution in [0.25, 0.3) is 28.4 Å². The van der Waals surface area contributed by atoms with Gasteiger partial charge in [-0.1, -0.05) is 30.3 Å². The summed E-state index contributed by atoms with van der Waals surface area (Å²) in [5.74, 6) is -0.526. The third-order valence-electron chi connectivity index (χ3n) is 8.63. The lowest BCUT2D eigenvalue weighted by Gasteiger charge is -2.35. The molecule has 0 saturated heterocycles. The van der Waals surface area contributed by atoms with Gasteiger partial charge in [-0.05, 0) is 67.5 Å². The molecular weight excluding hydrogens is 547 g/mol. The second-order valence-corrected chi connectivity index (χ2v) is 11.3. The molecule has 7 rings (SSSR count). The van der Waals surface area contributed by atoms with E-state index in [1.165, 1.54) is 11.6 Å². The smallest absolute Gasteiger partial charge is 0.309 e. The van der Waals surface area contributed by atoms with Gasteiger partial charge < -0.3 is 14.2 Å². The average Bonchev–Trinajstić information content (AvgIpc) is 3.52. The Hall–Kier alpha value is -4.86. The first kappa shape index (κ1) is 27.0. The van der Waals surface area contributed by atoms with Gasteiger partial charge in [0.15, 0.2) is 11.5 Å². The van der Waals surface area contributed by atoms with E-state index in [2.05, 4.69) is 17.1 Å². The Kier molecular flexibility index (Phi) is 6.56. The van der Waals surface area contributed by atoms with Crippen molar-refractivity contribution in [3.63, 3.8) is 0 Å². The summed E-state index contributed by atoms with van der Waals surface area (Å²) in [5, 5.41) is 4.72. The van der Waals surface area contributed by atoms with Crippen molar-refractivity contribution in [2.75, 3.05) is 13.2 Å². The number of imidazole rings is 1. The van der Waals surface area contributed by atoms with Crippen LogP contribution in [0.5, 0.6) is 0 Å². The number of rotatable bonds is 6. The van der Waals surface area contributed by atoms with Crippen molar-refractivity contribution < 1.29 is 18.7 Å². The number of carbonyl (C=O) groups is 2. The minimum absolute atomic E-state index is 0.0435. The van der Waals surface area contributed by atoms with Gasteiger partial charge in [0, 0.05) is 37.6 Å². The molecule has 218 valence electrons. The van der Waals surface area contributed by atoms with Crippen molar-refractivity contribution in [3.05, 3.63) is 95.2 Å². The van der Waals surface area contributed by atoms with Crippen molar-refractivity contribution in [1.29, 1.82) is 0 Å². The van der Waals surface area contributed by atoms with E-state index in [9.17, 15) is 9.59 Å². The molecule has 1 aliphatic heterocycles. The second kappa shape index (κ2) is 10.4. The number of esters is 1. The quantitative estimate of drug-likeness (QED) is 0.252. The van der Waals surface area contributed by atoms with E-state index in [0.717, 1.165) is 17.5 Å². The van der Waals surface area contributed by atoms with Crippen molar-refractivity contribution in [2.45, 2.75) is 38.6 Å². The zero-order valence-corrected chi connectivity index (χ0v) is 24.2. The lowest BCUT2D eigenvalue weighted by Crippen LogP contribution is -2.39. The molecule has 9 nitrogen and oxygen atoms in total. The summed E-state index contributed by atoms with van der Waals surface area (Å²) in [6.07, 6.45) is 4.92. The predicted molar refractivity (Wildman–Crippen MR) is 158 cm³/mol. The van der Waals surface area contributed by atoms with Crippen molar-refractivity contribution >= 4 is 17.5 Å².